The van der Waals surface area contributed by atoms with Gasteiger partial charge in [-0.2, -0.15) is 20.1 Å². The lowest BCUT2D eigenvalue weighted by molar-refractivity contribution is 0.121. The number of ether oxygens (including phenoxy) is 2. The Balaban J connectivity index is 1.51. The van der Waals surface area contributed by atoms with E-state index >= 15 is 0 Å². The number of aromatic nitrogens is 6. The minimum atomic E-state index is 0.578. The molecule has 0 spiro atoms. The summed E-state index contributed by atoms with van der Waals surface area (Å²) in [5.41, 5.74) is 1.82. The van der Waals surface area contributed by atoms with Crippen LogP contribution in [0.15, 0.2) is 17.8 Å². The largest absolute Gasteiger partial charge is 0.378 e. The monoisotopic (exact) mass is 414 g/mol. The zero-order valence-corrected chi connectivity index (χ0v) is 17.0. The third-order valence-electron chi connectivity index (χ3n) is 4.83. The van der Waals surface area contributed by atoms with Crippen LogP contribution in [0.5, 0.6) is 0 Å². The summed E-state index contributed by atoms with van der Waals surface area (Å²) < 4.78 is 12.7. The van der Waals surface area contributed by atoms with Gasteiger partial charge in [0.2, 0.25) is 17.0 Å². The molecular formula is C18H22N8O2S. The molecule has 5 heterocycles. The first kappa shape index (κ1) is 18.4. The van der Waals surface area contributed by atoms with Gasteiger partial charge in [0.15, 0.2) is 5.82 Å². The van der Waals surface area contributed by atoms with Gasteiger partial charge in [0.1, 0.15) is 5.69 Å². The molecule has 0 aliphatic carbocycles. The predicted molar refractivity (Wildman–Crippen MR) is 109 cm³/mol. The zero-order chi connectivity index (χ0) is 19.6. The van der Waals surface area contributed by atoms with Gasteiger partial charge < -0.3 is 19.3 Å². The van der Waals surface area contributed by atoms with E-state index in [4.69, 9.17) is 29.4 Å². The molecule has 0 aromatic carbocycles. The van der Waals surface area contributed by atoms with Crippen LogP contribution in [0.4, 0.5) is 11.9 Å². The predicted octanol–water partition coefficient (Wildman–Crippen LogP) is 1.16. The Hall–Kier alpha value is -2.63. The van der Waals surface area contributed by atoms with Crippen molar-refractivity contribution in [1.82, 2.24) is 29.7 Å². The van der Waals surface area contributed by atoms with Crippen molar-refractivity contribution in [2.75, 3.05) is 62.4 Å². The molecule has 5 rings (SSSR count). The Labute approximate surface area is 172 Å². The fourth-order valence-corrected chi connectivity index (χ4v) is 4.00. The summed E-state index contributed by atoms with van der Waals surface area (Å²) >= 11 is 1.52. The number of thiazole rings is 1. The molecule has 10 nitrogen and oxygen atoms in total. The highest BCUT2D eigenvalue weighted by Gasteiger charge is 2.22. The molecular weight excluding hydrogens is 392 g/mol. The standard InChI is InChI=1S/C18H22N8O2S/c1-13-10-19-26(11-13)18-20-14(12-29-18)15-21-16(24-2-6-27-7-3-24)23-17(22-15)25-4-8-28-9-5-25/h10-12H,2-9H2,1H3. The van der Waals surface area contributed by atoms with Crippen LogP contribution in [0.3, 0.4) is 0 Å². The highest BCUT2D eigenvalue weighted by molar-refractivity contribution is 7.12. The summed E-state index contributed by atoms with van der Waals surface area (Å²) in [6.07, 6.45) is 3.77. The molecule has 0 saturated carbocycles. The third-order valence-corrected chi connectivity index (χ3v) is 5.66. The van der Waals surface area contributed by atoms with Crippen LogP contribution in [0, 0.1) is 6.92 Å². The Morgan fingerprint density at radius 3 is 2.03 bits per heavy atom. The molecule has 3 aromatic rings. The van der Waals surface area contributed by atoms with E-state index < -0.39 is 0 Å². The molecule has 0 atom stereocenters. The summed E-state index contributed by atoms with van der Waals surface area (Å²) in [6, 6.07) is 0. The second kappa shape index (κ2) is 8.01. The summed E-state index contributed by atoms with van der Waals surface area (Å²) in [5, 5.41) is 7.09. The number of aryl methyl sites for hydroxylation is 1. The van der Waals surface area contributed by atoms with Crippen molar-refractivity contribution in [3.05, 3.63) is 23.3 Å². The first-order chi connectivity index (χ1) is 14.3. The summed E-state index contributed by atoms with van der Waals surface area (Å²) in [5.74, 6) is 1.92. The Kier molecular flexibility index (Phi) is 5.08. The average molecular weight is 414 g/mol. The van der Waals surface area contributed by atoms with Gasteiger partial charge in [-0.15, -0.1) is 11.3 Å². The Morgan fingerprint density at radius 1 is 0.862 bits per heavy atom. The van der Waals surface area contributed by atoms with Gasteiger partial charge in [0.25, 0.3) is 0 Å². The van der Waals surface area contributed by atoms with Crippen molar-refractivity contribution >= 4 is 23.2 Å². The molecule has 2 fully saturated rings. The summed E-state index contributed by atoms with van der Waals surface area (Å²) in [6.45, 7) is 7.76. The number of hydrogen-bond donors (Lipinski definition) is 0. The quantitative estimate of drug-likeness (QED) is 0.623. The van der Waals surface area contributed by atoms with Crippen molar-refractivity contribution in [2.24, 2.45) is 0 Å². The van der Waals surface area contributed by atoms with E-state index in [1.165, 1.54) is 11.3 Å². The number of rotatable bonds is 4. The number of nitrogens with zero attached hydrogens (tertiary/aromatic N) is 8. The van der Waals surface area contributed by atoms with E-state index in [-0.39, 0.29) is 0 Å². The van der Waals surface area contributed by atoms with E-state index in [1.54, 1.807) is 4.68 Å². The second-order valence-corrected chi connectivity index (χ2v) is 7.77. The van der Waals surface area contributed by atoms with Crippen LogP contribution in [0.25, 0.3) is 16.6 Å². The topological polar surface area (TPSA) is 94.3 Å². The molecule has 0 bridgehead atoms. The van der Waals surface area contributed by atoms with Gasteiger partial charge in [-0.25, -0.2) is 9.67 Å². The molecule has 0 amide bonds. The van der Waals surface area contributed by atoms with Crippen LogP contribution < -0.4 is 9.80 Å². The molecule has 2 aliphatic heterocycles. The van der Waals surface area contributed by atoms with E-state index in [0.29, 0.717) is 44.1 Å². The normalized spacial score (nSPS) is 17.7. The number of anilines is 2. The molecule has 2 saturated heterocycles. The lowest BCUT2D eigenvalue weighted by atomic mass is 10.4. The molecule has 11 heteroatoms. The van der Waals surface area contributed by atoms with Gasteiger partial charge in [0.05, 0.1) is 32.6 Å². The maximum absolute atomic E-state index is 5.48. The fraction of sp³-hybridized carbons (Fsp3) is 0.500. The lowest BCUT2D eigenvalue weighted by Gasteiger charge is -2.30. The van der Waals surface area contributed by atoms with Gasteiger partial charge >= 0.3 is 0 Å². The minimum absolute atomic E-state index is 0.578. The van der Waals surface area contributed by atoms with Crippen molar-refractivity contribution in [3.8, 4) is 16.6 Å². The highest BCUT2D eigenvalue weighted by Crippen LogP contribution is 2.25. The molecule has 0 N–H and O–H groups in total. The SMILES string of the molecule is Cc1cnn(-c2nc(-c3nc(N4CCOCC4)nc(N4CCOCC4)n3)cs2)c1. The first-order valence-corrected chi connectivity index (χ1v) is 10.5. The zero-order valence-electron chi connectivity index (χ0n) is 16.2. The van der Waals surface area contributed by atoms with E-state index in [0.717, 1.165) is 42.6 Å². The van der Waals surface area contributed by atoms with Crippen LogP contribution in [0.1, 0.15) is 5.56 Å². The van der Waals surface area contributed by atoms with Crippen molar-refractivity contribution in [2.45, 2.75) is 6.92 Å². The van der Waals surface area contributed by atoms with Crippen LogP contribution in [-0.4, -0.2) is 82.3 Å². The molecule has 3 aromatic heterocycles. The average Bonchev–Trinajstić information content (AvgIpc) is 3.44. The lowest BCUT2D eigenvalue weighted by Crippen LogP contribution is -2.40. The van der Waals surface area contributed by atoms with Gasteiger partial charge in [-0.3, -0.25) is 0 Å². The maximum Gasteiger partial charge on any atom is 0.230 e. The fourth-order valence-electron chi connectivity index (χ4n) is 3.27. The Bertz CT molecular complexity index is 942. The van der Waals surface area contributed by atoms with Crippen LogP contribution in [-0.2, 0) is 9.47 Å². The molecule has 0 unspecified atom stereocenters. The summed E-state index contributed by atoms with van der Waals surface area (Å²) in [7, 11) is 0. The summed E-state index contributed by atoms with van der Waals surface area (Å²) in [4.78, 5) is 23.2. The van der Waals surface area contributed by atoms with E-state index in [1.807, 2.05) is 24.7 Å². The van der Waals surface area contributed by atoms with E-state index in [9.17, 15) is 0 Å². The Morgan fingerprint density at radius 2 is 1.48 bits per heavy atom. The first-order valence-electron chi connectivity index (χ1n) is 9.65. The molecule has 0 radical (unpaired) electrons. The molecule has 29 heavy (non-hydrogen) atoms. The third kappa shape index (κ3) is 3.93. The van der Waals surface area contributed by atoms with Crippen LogP contribution >= 0.6 is 11.3 Å². The number of morpholine rings is 2. The number of hydrogen-bond acceptors (Lipinski definition) is 10. The second-order valence-electron chi connectivity index (χ2n) is 6.94. The highest BCUT2D eigenvalue weighted by atomic mass is 32.1. The van der Waals surface area contributed by atoms with Crippen molar-refractivity contribution in [3.63, 3.8) is 0 Å². The van der Waals surface area contributed by atoms with Crippen molar-refractivity contribution < 1.29 is 9.47 Å². The van der Waals surface area contributed by atoms with E-state index in [2.05, 4.69) is 14.9 Å². The molecule has 152 valence electrons. The minimum Gasteiger partial charge on any atom is -0.378 e. The van der Waals surface area contributed by atoms with Crippen LogP contribution in [0.2, 0.25) is 0 Å². The van der Waals surface area contributed by atoms with Gasteiger partial charge in [-0.05, 0) is 12.5 Å². The molecule has 2 aliphatic rings. The van der Waals surface area contributed by atoms with Crippen molar-refractivity contribution in [1.29, 1.82) is 0 Å². The maximum atomic E-state index is 5.48. The smallest absolute Gasteiger partial charge is 0.230 e. The van der Waals surface area contributed by atoms with Gasteiger partial charge in [0, 0.05) is 37.8 Å². The van der Waals surface area contributed by atoms with Gasteiger partial charge in [-0.1, -0.05) is 0 Å².